The van der Waals surface area contributed by atoms with E-state index in [1.54, 1.807) is 12.3 Å². The molecule has 0 unspecified atom stereocenters. The van der Waals surface area contributed by atoms with E-state index in [1.165, 1.54) is 6.20 Å². The van der Waals surface area contributed by atoms with Gasteiger partial charge in [-0.25, -0.2) is 5.11 Å². The molecule has 0 aliphatic carbocycles. The van der Waals surface area contributed by atoms with Crippen molar-refractivity contribution in [1.29, 1.82) is 0 Å². The molecule has 1 heterocycles. The van der Waals surface area contributed by atoms with Crippen molar-refractivity contribution in [3.8, 4) is 0 Å². The number of nitrogens with zero attached hydrogens (tertiary/aromatic N) is 1. The van der Waals surface area contributed by atoms with E-state index in [-0.39, 0.29) is 6.61 Å². The van der Waals surface area contributed by atoms with Crippen LogP contribution in [0.3, 0.4) is 0 Å². The van der Waals surface area contributed by atoms with Crippen LogP contribution in [0.15, 0.2) is 18.5 Å². The van der Waals surface area contributed by atoms with E-state index < -0.39 is 0 Å². The van der Waals surface area contributed by atoms with Gasteiger partial charge in [-0.2, -0.15) is 0 Å². The Morgan fingerprint density at radius 1 is 1.67 bits per heavy atom. The largest absolute Gasteiger partial charge is 0.264 e. The lowest BCUT2D eigenvalue weighted by Gasteiger charge is -1.93. The van der Waals surface area contributed by atoms with Crippen molar-refractivity contribution in [2.45, 2.75) is 6.61 Å². The van der Waals surface area contributed by atoms with E-state index in [0.717, 1.165) is 0 Å². The van der Waals surface area contributed by atoms with Crippen LogP contribution in [0.2, 0.25) is 5.02 Å². The molecule has 0 N–H and O–H groups in total. The Balaban J connectivity index is 3.01. The first-order chi connectivity index (χ1) is 4.34. The first-order valence-corrected chi connectivity index (χ1v) is 2.89. The zero-order chi connectivity index (χ0) is 6.69. The molecule has 1 rings (SSSR count). The monoisotopic (exact) mass is 142 g/mol. The smallest absolute Gasteiger partial charge is 0.110 e. The van der Waals surface area contributed by atoms with Crippen molar-refractivity contribution in [2.24, 2.45) is 0 Å². The summed E-state index contributed by atoms with van der Waals surface area (Å²) < 4.78 is 0. The number of halogens is 1. The van der Waals surface area contributed by atoms with Crippen LogP contribution in [0.25, 0.3) is 0 Å². The Hall–Kier alpha value is -0.600. The van der Waals surface area contributed by atoms with Gasteiger partial charge in [-0.15, -0.1) is 0 Å². The summed E-state index contributed by atoms with van der Waals surface area (Å²) in [6.07, 6.45) is 3.04. The molecule has 0 aromatic carbocycles. The van der Waals surface area contributed by atoms with Crippen LogP contribution in [0, 0.1) is 0 Å². The molecule has 0 aliphatic rings. The molecule has 0 spiro atoms. The number of pyridine rings is 1. The number of aromatic nitrogens is 1. The summed E-state index contributed by atoms with van der Waals surface area (Å²) in [5, 5.41) is 10.7. The summed E-state index contributed by atoms with van der Waals surface area (Å²) in [4.78, 5) is 3.73. The first-order valence-electron chi connectivity index (χ1n) is 2.51. The Morgan fingerprint density at radius 3 is 2.89 bits per heavy atom. The molecular formula is C6H5ClNO. The fraction of sp³-hybridized carbons (Fsp3) is 0.167. The minimum Gasteiger partial charge on any atom is -0.264 e. The van der Waals surface area contributed by atoms with Crippen LogP contribution in [-0.4, -0.2) is 4.98 Å². The molecule has 0 amide bonds. The molecule has 2 nitrogen and oxygen atoms in total. The second kappa shape index (κ2) is 2.80. The summed E-state index contributed by atoms with van der Waals surface area (Å²) in [7, 11) is 0. The zero-order valence-corrected chi connectivity index (χ0v) is 5.43. The maximum absolute atomic E-state index is 10.2. The molecule has 0 saturated heterocycles. The highest BCUT2D eigenvalue weighted by molar-refractivity contribution is 6.31. The maximum Gasteiger partial charge on any atom is 0.110 e. The average Bonchev–Trinajstić information content (AvgIpc) is 1.89. The van der Waals surface area contributed by atoms with Gasteiger partial charge in [0, 0.05) is 23.0 Å². The molecule has 0 saturated carbocycles. The summed E-state index contributed by atoms with van der Waals surface area (Å²) in [6, 6.07) is 1.61. The molecule has 0 atom stereocenters. The van der Waals surface area contributed by atoms with E-state index in [4.69, 9.17) is 11.6 Å². The van der Waals surface area contributed by atoms with Gasteiger partial charge in [-0.05, 0) is 6.07 Å². The topological polar surface area (TPSA) is 32.8 Å². The van der Waals surface area contributed by atoms with Gasteiger partial charge in [0.25, 0.3) is 0 Å². The van der Waals surface area contributed by atoms with E-state index in [1.807, 2.05) is 0 Å². The number of hydrogen-bond acceptors (Lipinski definition) is 1. The molecule has 0 aliphatic heterocycles. The molecule has 1 aromatic heterocycles. The predicted molar refractivity (Wildman–Crippen MR) is 33.6 cm³/mol. The third kappa shape index (κ3) is 1.40. The Labute approximate surface area is 58.1 Å². The standard InChI is InChI=1S/C6H5ClNO/c7-6-1-2-8-3-5(6)4-9/h1-3H,4H2. The lowest BCUT2D eigenvalue weighted by molar-refractivity contribution is 0.177. The molecular weight excluding hydrogens is 138 g/mol. The highest BCUT2D eigenvalue weighted by Crippen LogP contribution is 2.12. The Morgan fingerprint density at radius 2 is 2.44 bits per heavy atom. The van der Waals surface area contributed by atoms with Gasteiger partial charge >= 0.3 is 0 Å². The van der Waals surface area contributed by atoms with Crippen LogP contribution >= 0.6 is 11.6 Å². The lowest BCUT2D eigenvalue weighted by Crippen LogP contribution is -1.83. The molecule has 1 radical (unpaired) electrons. The van der Waals surface area contributed by atoms with Gasteiger partial charge in [0.2, 0.25) is 0 Å². The van der Waals surface area contributed by atoms with Gasteiger partial charge in [0.1, 0.15) is 6.61 Å². The third-order valence-corrected chi connectivity index (χ3v) is 1.37. The van der Waals surface area contributed by atoms with Gasteiger partial charge in [-0.3, -0.25) is 4.98 Å². The predicted octanol–water partition coefficient (Wildman–Crippen LogP) is 1.67. The SMILES string of the molecule is [O]Cc1cnccc1Cl. The van der Waals surface area contributed by atoms with Gasteiger partial charge in [0.05, 0.1) is 0 Å². The average molecular weight is 143 g/mol. The van der Waals surface area contributed by atoms with Crippen LogP contribution in [-0.2, 0) is 11.7 Å². The lowest BCUT2D eigenvalue weighted by atomic mass is 10.3. The molecule has 0 bridgehead atoms. The van der Waals surface area contributed by atoms with Crippen molar-refractivity contribution in [3.05, 3.63) is 29.0 Å². The van der Waals surface area contributed by atoms with E-state index in [9.17, 15) is 5.11 Å². The molecule has 3 heteroatoms. The normalized spacial score (nSPS) is 9.56. The molecule has 1 aromatic rings. The van der Waals surface area contributed by atoms with Crippen LogP contribution in [0.1, 0.15) is 5.56 Å². The van der Waals surface area contributed by atoms with Crippen molar-refractivity contribution >= 4 is 11.6 Å². The highest BCUT2D eigenvalue weighted by atomic mass is 35.5. The van der Waals surface area contributed by atoms with E-state index in [2.05, 4.69) is 4.98 Å². The summed E-state index contributed by atoms with van der Waals surface area (Å²) >= 11 is 5.58. The first kappa shape index (κ1) is 6.52. The summed E-state index contributed by atoms with van der Waals surface area (Å²) in [6.45, 7) is -0.299. The summed E-state index contributed by atoms with van der Waals surface area (Å²) in [5.41, 5.74) is 0.555. The highest BCUT2D eigenvalue weighted by Gasteiger charge is 1.95. The molecule has 47 valence electrons. The Kier molecular flexibility index (Phi) is 2.03. The number of rotatable bonds is 1. The van der Waals surface area contributed by atoms with Crippen LogP contribution in [0.4, 0.5) is 0 Å². The minimum absolute atomic E-state index is 0.299. The fourth-order valence-electron chi connectivity index (χ4n) is 0.516. The molecule has 9 heavy (non-hydrogen) atoms. The van der Waals surface area contributed by atoms with Gasteiger partial charge in [0.15, 0.2) is 0 Å². The maximum atomic E-state index is 10.2. The second-order valence-corrected chi connectivity index (χ2v) is 2.02. The van der Waals surface area contributed by atoms with Crippen LogP contribution in [0.5, 0.6) is 0 Å². The summed E-state index contributed by atoms with van der Waals surface area (Å²) in [5.74, 6) is 0. The quantitative estimate of drug-likeness (QED) is 0.587. The van der Waals surface area contributed by atoms with Gasteiger partial charge in [-0.1, -0.05) is 11.6 Å². The van der Waals surface area contributed by atoms with Gasteiger partial charge < -0.3 is 0 Å². The van der Waals surface area contributed by atoms with Crippen molar-refractivity contribution in [3.63, 3.8) is 0 Å². The van der Waals surface area contributed by atoms with E-state index in [0.29, 0.717) is 10.6 Å². The third-order valence-electron chi connectivity index (χ3n) is 1.000. The minimum atomic E-state index is -0.299. The zero-order valence-electron chi connectivity index (χ0n) is 4.67. The van der Waals surface area contributed by atoms with E-state index >= 15 is 0 Å². The van der Waals surface area contributed by atoms with Crippen LogP contribution < -0.4 is 0 Å². The Bertz CT molecular complexity index is 202. The molecule has 0 fully saturated rings. The van der Waals surface area contributed by atoms with Crippen molar-refractivity contribution in [1.82, 2.24) is 4.98 Å². The number of hydrogen-bond donors (Lipinski definition) is 0. The van der Waals surface area contributed by atoms with Crippen molar-refractivity contribution in [2.75, 3.05) is 0 Å². The fourth-order valence-corrected chi connectivity index (χ4v) is 0.676. The second-order valence-electron chi connectivity index (χ2n) is 1.61. The van der Waals surface area contributed by atoms with Crippen molar-refractivity contribution < 1.29 is 5.11 Å².